The molecule has 1 amide bonds. The van der Waals surface area contributed by atoms with E-state index in [2.05, 4.69) is 18.7 Å². The molecule has 2 fully saturated rings. The number of aliphatic hydroxyl groups is 1. The zero-order valence-electron chi connectivity index (χ0n) is 20.0. The molecule has 2 heterocycles. The fourth-order valence-corrected chi connectivity index (χ4v) is 5.53. The Morgan fingerprint density at radius 2 is 1.71 bits per heavy atom. The summed E-state index contributed by atoms with van der Waals surface area (Å²) in [6.45, 7) is 8.79. The van der Waals surface area contributed by atoms with E-state index < -0.39 is 5.60 Å². The van der Waals surface area contributed by atoms with Crippen LogP contribution < -0.4 is 4.74 Å². The van der Waals surface area contributed by atoms with E-state index in [4.69, 9.17) is 27.9 Å². The van der Waals surface area contributed by atoms with Gasteiger partial charge >= 0.3 is 0 Å². The van der Waals surface area contributed by atoms with Gasteiger partial charge in [0.15, 0.2) is 0 Å². The Balaban J connectivity index is 1.32. The number of benzene rings is 2. The fraction of sp³-hybridized carbons (Fsp3) is 0.519. The van der Waals surface area contributed by atoms with Gasteiger partial charge in [-0.1, -0.05) is 49.2 Å². The Hall–Kier alpha value is -1.79. The average Bonchev–Trinajstić information content (AvgIpc) is 3.34. The van der Waals surface area contributed by atoms with Crippen LogP contribution in [0.5, 0.6) is 5.75 Å². The Kier molecular flexibility index (Phi) is 7.78. The molecule has 5 nitrogen and oxygen atoms in total. The average molecular weight is 505 g/mol. The lowest BCUT2D eigenvalue weighted by atomic mass is 9.66. The minimum Gasteiger partial charge on any atom is -0.493 e. The number of halogens is 2. The molecule has 2 aliphatic heterocycles. The van der Waals surface area contributed by atoms with Crippen LogP contribution in [0.2, 0.25) is 10.0 Å². The molecule has 2 aromatic carbocycles. The molecule has 0 bridgehead atoms. The summed E-state index contributed by atoms with van der Waals surface area (Å²) in [7, 11) is 0. The molecule has 34 heavy (non-hydrogen) atoms. The Labute approximate surface area is 212 Å². The summed E-state index contributed by atoms with van der Waals surface area (Å²) < 4.78 is 6.04. The number of likely N-dealkylation sites (tertiary alicyclic amines) is 2. The van der Waals surface area contributed by atoms with Gasteiger partial charge in [-0.2, -0.15) is 0 Å². The normalized spacial score (nSPS) is 22.7. The van der Waals surface area contributed by atoms with Crippen molar-refractivity contribution in [1.82, 2.24) is 9.80 Å². The molecule has 0 saturated carbocycles. The van der Waals surface area contributed by atoms with Crippen LogP contribution in [0, 0.1) is 5.41 Å². The molecule has 1 atom stereocenters. The number of piperidine rings is 1. The standard InChI is InChI=1S/C27H34Cl2N2O3/c1-26(2)19-30(16-12-27(26,33)20-6-8-21(28)9-7-20)13-5-17-34-24-11-10-22(29)18-23(24)25(32)31-14-3-4-15-31/h6-11,18,33H,3-5,12-17,19H2,1-2H3. The molecule has 7 heteroatoms. The van der Waals surface area contributed by atoms with Gasteiger partial charge in [-0.15, -0.1) is 0 Å². The maximum atomic E-state index is 12.9. The number of rotatable bonds is 7. The molecule has 2 aliphatic rings. The number of amides is 1. The van der Waals surface area contributed by atoms with Crippen LogP contribution >= 0.6 is 23.2 Å². The highest BCUT2D eigenvalue weighted by atomic mass is 35.5. The van der Waals surface area contributed by atoms with Crippen molar-refractivity contribution in [3.63, 3.8) is 0 Å². The van der Waals surface area contributed by atoms with Crippen molar-refractivity contribution in [3.8, 4) is 5.75 Å². The monoisotopic (exact) mass is 504 g/mol. The summed E-state index contributed by atoms with van der Waals surface area (Å²) >= 11 is 12.2. The highest BCUT2D eigenvalue weighted by molar-refractivity contribution is 6.31. The first-order chi connectivity index (χ1) is 16.2. The first kappa shape index (κ1) is 25.3. The smallest absolute Gasteiger partial charge is 0.257 e. The zero-order valence-corrected chi connectivity index (χ0v) is 21.5. The van der Waals surface area contributed by atoms with Crippen molar-refractivity contribution in [3.05, 3.63) is 63.6 Å². The molecule has 0 spiro atoms. The largest absolute Gasteiger partial charge is 0.493 e. The molecule has 2 aromatic rings. The Morgan fingerprint density at radius 1 is 1.03 bits per heavy atom. The first-order valence-electron chi connectivity index (χ1n) is 12.1. The molecule has 0 radical (unpaired) electrons. The molecule has 0 aromatic heterocycles. The van der Waals surface area contributed by atoms with E-state index in [1.165, 1.54) is 0 Å². The predicted octanol–water partition coefficient (Wildman–Crippen LogP) is 5.62. The number of ether oxygens (including phenoxy) is 1. The molecular weight excluding hydrogens is 471 g/mol. The summed E-state index contributed by atoms with van der Waals surface area (Å²) in [6.07, 6.45) is 3.58. The van der Waals surface area contributed by atoms with Crippen LogP contribution in [0.15, 0.2) is 42.5 Å². The highest BCUT2D eigenvalue weighted by Crippen LogP contribution is 2.46. The van der Waals surface area contributed by atoms with Crippen molar-refractivity contribution in [1.29, 1.82) is 0 Å². The van der Waals surface area contributed by atoms with Crippen molar-refractivity contribution >= 4 is 29.1 Å². The maximum absolute atomic E-state index is 12.9. The van der Waals surface area contributed by atoms with Gasteiger partial charge in [0, 0.05) is 48.2 Å². The first-order valence-corrected chi connectivity index (χ1v) is 12.9. The lowest BCUT2D eigenvalue weighted by molar-refractivity contribution is -0.125. The van der Waals surface area contributed by atoms with E-state index in [9.17, 15) is 9.90 Å². The topological polar surface area (TPSA) is 53.0 Å². The summed E-state index contributed by atoms with van der Waals surface area (Å²) in [6, 6.07) is 12.8. The van der Waals surface area contributed by atoms with Crippen molar-refractivity contribution in [2.75, 3.05) is 39.3 Å². The van der Waals surface area contributed by atoms with Gasteiger partial charge in [-0.3, -0.25) is 4.79 Å². The van der Waals surface area contributed by atoms with Crippen LogP contribution in [-0.4, -0.2) is 60.1 Å². The van der Waals surface area contributed by atoms with Gasteiger partial charge in [0.05, 0.1) is 17.8 Å². The second-order valence-corrected chi connectivity index (χ2v) is 11.0. The van der Waals surface area contributed by atoms with Crippen LogP contribution in [0.1, 0.15) is 55.5 Å². The summed E-state index contributed by atoms with van der Waals surface area (Å²) in [5, 5.41) is 12.8. The third kappa shape index (κ3) is 5.38. The Bertz CT molecular complexity index is 1010. The van der Waals surface area contributed by atoms with Crippen molar-refractivity contribution < 1.29 is 14.6 Å². The SMILES string of the molecule is CC1(C)CN(CCCOc2ccc(Cl)cc2C(=O)N2CCCC2)CCC1(O)c1ccc(Cl)cc1. The van der Waals surface area contributed by atoms with Crippen LogP contribution in [-0.2, 0) is 5.60 Å². The lowest BCUT2D eigenvalue weighted by Gasteiger charge is -2.50. The van der Waals surface area contributed by atoms with Gasteiger partial charge in [-0.05, 0) is 61.6 Å². The molecular formula is C27H34Cl2N2O3. The van der Waals surface area contributed by atoms with Gasteiger partial charge in [0.1, 0.15) is 5.75 Å². The number of nitrogens with zero attached hydrogens (tertiary/aromatic N) is 2. The second kappa shape index (κ2) is 10.4. The van der Waals surface area contributed by atoms with Gasteiger partial charge in [0.2, 0.25) is 0 Å². The molecule has 1 N–H and O–H groups in total. The van der Waals surface area contributed by atoms with Crippen molar-refractivity contribution in [2.24, 2.45) is 5.41 Å². The predicted molar refractivity (Wildman–Crippen MR) is 137 cm³/mol. The van der Waals surface area contributed by atoms with E-state index in [0.717, 1.165) is 57.5 Å². The van der Waals surface area contributed by atoms with Gasteiger partial charge in [0.25, 0.3) is 5.91 Å². The molecule has 1 unspecified atom stereocenters. The quantitative estimate of drug-likeness (QED) is 0.497. The molecule has 2 saturated heterocycles. The zero-order chi connectivity index (χ0) is 24.3. The van der Waals surface area contributed by atoms with E-state index >= 15 is 0 Å². The van der Waals surface area contributed by atoms with Crippen molar-refractivity contribution in [2.45, 2.75) is 45.1 Å². The third-order valence-electron chi connectivity index (χ3n) is 7.29. The van der Waals surface area contributed by atoms with Gasteiger partial charge < -0.3 is 19.6 Å². The minimum absolute atomic E-state index is 0.00531. The molecule has 0 aliphatic carbocycles. The fourth-order valence-electron chi connectivity index (χ4n) is 5.23. The van der Waals surface area contributed by atoms with E-state index in [1.54, 1.807) is 18.2 Å². The highest BCUT2D eigenvalue weighted by Gasteiger charge is 2.48. The minimum atomic E-state index is -0.890. The second-order valence-electron chi connectivity index (χ2n) is 10.1. The molecule has 184 valence electrons. The van der Waals surface area contributed by atoms with Crippen LogP contribution in [0.3, 0.4) is 0 Å². The number of hydrogen-bond donors (Lipinski definition) is 1. The number of carbonyl (C=O) groups excluding carboxylic acids is 1. The number of carbonyl (C=O) groups is 1. The third-order valence-corrected chi connectivity index (χ3v) is 7.78. The van der Waals surface area contributed by atoms with Gasteiger partial charge in [-0.25, -0.2) is 0 Å². The summed E-state index contributed by atoms with van der Waals surface area (Å²) in [4.78, 5) is 17.2. The van der Waals surface area contributed by atoms with E-state index in [-0.39, 0.29) is 11.3 Å². The van der Waals surface area contributed by atoms with Crippen LogP contribution in [0.25, 0.3) is 0 Å². The maximum Gasteiger partial charge on any atom is 0.257 e. The molecule has 4 rings (SSSR count). The lowest BCUT2D eigenvalue weighted by Crippen LogP contribution is -2.55. The summed E-state index contributed by atoms with van der Waals surface area (Å²) in [5.41, 5.74) is 0.258. The van der Waals surface area contributed by atoms with E-state index in [0.29, 0.717) is 34.4 Å². The van der Waals surface area contributed by atoms with Crippen LogP contribution in [0.4, 0.5) is 0 Å². The number of hydrogen-bond acceptors (Lipinski definition) is 4. The summed E-state index contributed by atoms with van der Waals surface area (Å²) in [5.74, 6) is 0.589. The van der Waals surface area contributed by atoms with E-state index in [1.807, 2.05) is 29.2 Å². The Morgan fingerprint density at radius 3 is 2.38 bits per heavy atom.